The maximum absolute atomic E-state index is 11.7. The number of aromatic nitrogens is 1. The van der Waals surface area contributed by atoms with Gasteiger partial charge >= 0.3 is 0 Å². The van der Waals surface area contributed by atoms with Gasteiger partial charge in [0.2, 0.25) is 0 Å². The molecule has 0 atom stereocenters. The van der Waals surface area contributed by atoms with Gasteiger partial charge < -0.3 is 14.5 Å². The molecule has 4 nitrogen and oxygen atoms in total. The molecule has 38 heavy (non-hydrogen) atoms. The van der Waals surface area contributed by atoms with E-state index in [4.69, 9.17) is 4.42 Å². The molecule has 4 aromatic rings. The molecule has 0 aliphatic carbocycles. The van der Waals surface area contributed by atoms with Crippen LogP contribution in [0.15, 0.2) is 58.8 Å². The van der Waals surface area contributed by atoms with Crippen molar-refractivity contribution in [2.24, 2.45) is 17.3 Å². The number of ketones is 1. The van der Waals surface area contributed by atoms with Gasteiger partial charge in [-0.2, -0.15) is 0 Å². The quantitative estimate of drug-likeness (QED) is 0.0865. The molecule has 207 valence electrons. The van der Waals surface area contributed by atoms with Crippen LogP contribution in [0, 0.1) is 23.3 Å². The van der Waals surface area contributed by atoms with E-state index in [0.29, 0.717) is 0 Å². The SMILES string of the molecule is CC(C)(C)Cc1cc2c3cccnc3c3[c-]cccc3c2o1.CCC(CC)C(=O)/C=C(\O)C(CC)CC.[Ir]. The van der Waals surface area contributed by atoms with E-state index in [1.54, 1.807) is 0 Å². The number of carbonyl (C=O) groups is 1. The Balaban J connectivity index is 0.000000282. The summed E-state index contributed by atoms with van der Waals surface area (Å²) in [6.07, 6.45) is 7.66. The van der Waals surface area contributed by atoms with Gasteiger partial charge in [-0.1, -0.05) is 59.9 Å². The Labute approximate surface area is 241 Å². The minimum absolute atomic E-state index is 0. The summed E-state index contributed by atoms with van der Waals surface area (Å²) in [6, 6.07) is 15.6. The molecule has 0 fully saturated rings. The number of allylic oxidation sites excluding steroid dienone is 2. The molecule has 0 saturated heterocycles. The maximum atomic E-state index is 11.7. The van der Waals surface area contributed by atoms with E-state index in [1.807, 2.05) is 52.1 Å². The summed E-state index contributed by atoms with van der Waals surface area (Å²) in [5.41, 5.74) is 2.14. The zero-order valence-corrected chi connectivity index (χ0v) is 26.2. The number of benzene rings is 2. The van der Waals surface area contributed by atoms with Crippen LogP contribution in [0.4, 0.5) is 0 Å². The summed E-state index contributed by atoms with van der Waals surface area (Å²) < 4.78 is 6.22. The second kappa shape index (κ2) is 14.1. The van der Waals surface area contributed by atoms with Crippen LogP contribution in [0.25, 0.3) is 32.6 Å². The third-order valence-electron chi connectivity index (χ3n) is 7.01. The van der Waals surface area contributed by atoms with Gasteiger partial charge in [-0.15, -0.1) is 29.7 Å². The minimum Gasteiger partial charge on any atom is -0.512 e. The third-order valence-corrected chi connectivity index (χ3v) is 7.01. The topological polar surface area (TPSA) is 63.3 Å². The average molecular weight is 693 g/mol. The first-order valence-corrected chi connectivity index (χ1v) is 13.7. The van der Waals surface area contributed by atoms with Crippen molar-refractivity contribution in [1.82, 2.24) is 4.98 Å². The minimum atomic E-state index is 0. The molecule has 1 radical (unpaired) electrons. The number of furan rings is 1. The van der Waals surface area contributed by atoms with Gasteiger partial charge in [-0.05, 0) is 54.1 Å². The van der Waals surface area contributed by atoms with Crippen molar-refractivity contribution in [3.05, 3.63) is 66.3 Å². The van der Waals surface area contributed by atoms with Crippen LogP contribution in [0.3, 0.4) is 0 Å². The normalized spacial score (nSPS) is 12.2. The summed E-state index contributed by atoms with van der Waals surface area (Å²) in [4.78, 5) is 16.3. The standard InChI is InChI=1S/C20H18NO.C13H24O2.Ir/c1-20(2,3)12-13-11-17-15-9-6-10-21-18(15)14-7-4-5-8-16(14)19(17)22-13;1-5-10(6-2)12(14)9-13(15)11(7-3)8-4;/h4-6,8-11H,12H2,1-3H3;9-11,14H,5-8H2,1-4H3;/q-1;;/b;12-9-;. The number of nitrogens with zero attached hydrogens (tertiary/aromatic N) is 1. The van der Waals surface area contributed by atoms with Gasteiger partial charge in [0.1, 0.15) is 5.76 Å². The molecule has 0 unspecified atom stereocenters. The largest absolute Gasteiger partial charge is 0.512 e. The first-order chi connectivity index (χ1) is 17.6. The molecule has 2 heterocycles. The fraction of sp³-hybridized carbons (Fsp3) is 0.455. The maximum Gasteiger partial charge on any atom is 0.162 e. The smallest absolute Gasteiger partial charge is 0.162 e. The monoisotopic (exact) mass is 693 g/mol. The molecule has 0 aliphatic rings. The van der Waals surface area contributed by atoms with Gasteiger partial charge in [0.15, 0.2) is 5.78 Å². The zero-order valence-electron chi connectivity index (χ0n) is 23.9. The number of aliphatic hydroxyl groups is 1. The van der Waals surface area contributed by atoms with E-state index < -0.39 is 0 Å². The van der Waals surface area contributed by atoms with Crippen molar-refractivity contribution in [3.8, 4) is 0 Å². The molecule has 1 N–H and O–H groups in total. The van der Waals surface area contributed by atoms with Crippen LogP contribution in [0.5, 0.6) is 0 Å². The molecule has 4 rings (SSSR count). The predicted molar refractivity (Wildman–Crippen MR) is 155 cm³/mol. The number of fused-ring (bicyclic) bond motifs is 6. The molecule has 0 bridgehead atoms. The molecule has 0 aliphatic heterocycles. The molecular formula is C33H42IrNO3-. The first-order valence-electron chi connectivity index (χ1n) is 13.7. The van der Waals surface area contributed by atoms with Crippen molar-refractivity contribution in [2.75, 3.05) is 0 Å². The van der Waals surface area contributed by atoms with Gasteiger partial charge in [-0.25, -0.2) is 0 Å². The first kappa shape index (κ1) is 31.7. The Morgan fingerprint density at radius 3 is 2.24 bits per heavy atom. The Kier molecular flexibility index (Phi) is 11.7. The number of hydrogen-bond donors (Lipinski definition) is 1. The van der Waals surface area contributed by atoms with Gasteiger partial charge in [-0.3, -0.25) is 4.79 Å². The molecule has 0 spiro atoms. The van der Waals surface area contributed by atoms with Crippen LogP contribution in [-0.2, 0) is 31.3 Å². The summed E-state index contributed by atoms with van der Waals surface area (Å²) in [7, 11) is 0. The summed E-state index contributed by atoms with van der Waals surface area (Å²) in [5.74, 6) is 1.58. The van der Waals surface area contributed by atoms with Crippen LogP contribution in [0.2, 0.25) is 0 Å². The van der Waals surface area contributed by atoms with Crippen molar-refractivity contribution in [1.29, 1.82) is 0 Å². The molecular weight excluding hydrogens is 651 g/mol. The fourth-order valence-corrected chi connectivity index (χ4v) is 4.88. The van der Waals surface area contributed by atoms with Crippen molar-refractivity contribution in [2.45, 2.75) is 80.6 Å². The Morgan fingerprint density at radius 1 is 1.00 bits per heavy atom. The number of hydrogen-bond acceptors (Lipinski definition) is 4. The van der Waals surface area contributed by atoms with E-state index in [2.05, 4.69) is 50.0 Å². The molecule has 5 heteroatoms. The van der Waals surface area contributed by atoms with Crippen molar-refractivity contribution < 1.29 is 34.4 Å². The molecule has 2 aromatic heterocycles. The van der Waals surface area contributed by atoms with Gasteiger partial charge in [0.25, 0.3) is 0 Å². The van der Waals surface area contributed by atoms with Crippen LogP contribution < -0.4 is 0 Å². The number of carbonyl (C=O) groups excluding carboxylic acids is 1. The number of pyridine rings is 1. The fourth-order valence-electron chi connectivity index (χ4n) is 4.88. The number of rotatable bonds is 8. The second-order valence-electron chi connectivity index (χ2n) is 11.0. The average Bonchev–Trinajstić information content (AvgIpc) is 3.28. The second-order valence-corrected chi connectivity index (χ2v) is 11.0. The Bertz CT molecular complexity index is 1300. The molecule has 0 amide bonds. The van der Waals surface area contributed by atoms with E-state index in [-0.39, 0.29) is 48.9 Å². The molecule has 2 aromatic carbocycles. The van der Waals surface area contributed by atoms with Gasteiger partial charge in [0, 0.05) is 56.0 Å². The summed E-state index contributed by atoms with van der Waals surface area (Å²) in [5, 5.41) is 14.2. The zero-order chi connectivity index (χ0) is 27.2. The van der Waals surface area contributed by atoms with E-state index in [0.717, 1.165) is 70.5 Å². The van der Waals surface area contributed by atoms with Crippen LogP contribution in [-0.4, -0.2) is 15.9 Å². The summed E-state index contributed by atoms with van der Waals surface area (Å²) >= 11 is 0. The molecule has 0 saturated carbocycles. The van der Waals surface area contributed by atoms with Crippen molar-refractivity contribution in [3.63, 3.8) is 0 Å². The van der Waals surface area contributed by atoms with E-state index in [1.165, 1.54) is 6.08 Å². The van der Waals surface area contributed by atoms with Crippen molar-refractivity contribution >= 4 is 38.4 Å². The van der Waals surface area contributed by atoms with Crippen LogP contribution >= 0.6 is 0 Å². The predicted octanol–water partition coefficient (Wildman–Crippen LogP) is 9.39. The van der Waals surface area contributed by atoms with E-state index >= 15 is 0 Å². The Morgan fingerprint density at radius 2 is 1.63 bits per heavy atom. The van der Waals surface area contributed by atoms with Gasteiger partial charge in [0.05, 0.1) is 11.3 Å². The number of aliphatic hydroxyl groups excluding tert-OH is 1. The van der Waals surface area contributed by atoms with E-state index in [9.17, 15) is 9.90 Å². The summed E-state index contributed by atoms with van der Waals surface area (Å²) in [6.45, 7) is 14.8. The van der Waals surface area contributed by atoms with Crippen LogP contribution in [0.1, 0.15) is 79.9 Å². The Hall–Kier alpha value is -2.49. The third kappa shape index (κ3) is 7.55.